The van der Waals surface area contributed by atoms with Crippen LogP contribution in [0.25, 0.3) is 0 Å². The fraction of sp³-hybridized carbons (Fsp3) is 0.615. The molecule has 1 aromatic heterocycles. The van der Waals surface area contributed by atoms with Crippen LogP contribution in [0.1, 0.15) is 37.3 Å². The number of aromatic amines is 1. The zero-order valence-corrected chi connectivity index (χ0v) is 13.0. The fourth-order valence-electron chi connectivity index (χ4n) is 2.16. The molecule has 1 aromatic rings. The molecule has 0 aromatic carbocycles. The van der Waals surface area contributed by atoms with Crippen molar-refractivity contribution in [2.45, 2.75) is 31.9 Å². The second-order valence-corrected chi connectivity index (χ2v) is 5.32. The zero-order valence-electron chi connectivity index (χ0n) is 12.1. The predicted molar refractivity (Wildman–Crippen MR) is 83.2 cm³/mol. The first-order chi connectivity index (χ1) is 10.2. The molecule has 0 radical (unpaired) electrons. The third-order valence-corrected chi connectivity index (χ3v) is 3.79. The number of rotatable bonds is 6. The number of anilines is 1. The van der Waals surface area contributed by atoms with E-state index >= 15 is 0 Å². The Morgan fingerprint density at radius 1 is 1.57 bits per heavy atom. The molecule has 0 spiro atoms. The minimum Gasteiger partial charge on any atom is -0.381 e. The summed E-state index contributed by atoms with van der Waals surface area (Å²) in [5.41, 5.74) is -0.0947. The smallest absolute Gasteiger partial charge is 0.261 e. The SMILES string of the molecule is CSOC(C)c1nc(NC2CCOCC2)c(C=N)c(=O)[nH]1. The van der Waals surface area contributed by atoms with Crippen molar-refractivity contribution in [3.05, 3.63) is 21.7 Å². The Balaban J connectivity index is 2.27. The molecule has 8 heteroatoms. The van der Waals surface area contributed by atoms with Gasteiger partial charge >= 0.3 is 0 Å². The van der Waals surface area contributed by atoms with Gasteiger partial charge in [-0.25, -0.2) is 4.98 Å². The van der Waals surface area contributed by atoms with Gasteiger partial charge in [0, 0.05) is 31.7 Å². The van der Waals surface area contributed by atoms with Gasteiger partial charge in [-0.1, -0.05) is 0 Å². The van der Waals surface area contributed by atoms with Gasteiger partial charge in [0.05, 0.1) is 5.56 Å². The van der Waals surface area contributed by atoms with Crippen molar-refractivity contribution >= 4 is 24.1 Å². The van der Waals surface area contributed by atoms with Gasteiger partial charge < -0.3 is 24.6 Å². The van der Waals surface area contributed by atoms with E-state index in [-0.39, 0.29) is 23.3 Å². The van der Waals surface area contributed by atoms with E-state index < -0.39 is 0 Å². The van der Waals surface area contributed by atoms with Crippen LogP contribution in [0.3, 0.4) is 0 Å². The minimum absolute atomic E-state index is 0.205. The lowest BCUT2D eigenvalue weighted by Crippen LogP contribution is -2.31. The van der Waals surface area contributed by atoms with E-state index in [9.17, 15) is 4.79 Å². The third kappa shape index (κ3) is 4.05. The van der Waals surface area contributed by atoms with Crippen LogP contribution in [-0.4, -0.2) is 41.7 Å². The largest absolute Gasteiger partial charge is 0.381 e. The first-order valence-corrected chi connectivity index (χ1v) is 7.99. The van der Waals surface area contributed by atoms with Crippen molar-refractivity contribution in [3.8, 4) is 0 Å². The van der Waals surface area contributed by atoms with Crippen molar-refractivity contribution in [2.75, 3.05) is 24.8 Å². The second kappa shape index (κ2) is 7.58. The number of aromatic nitrogens is 2. The third-order valence-electron chi connectivity index (χ3n) is 3.31. The Morgan fingerprint density at radius 3 is 2.90 bits per heavy atom. The molecule has 0 bridgehead atoms. The van der Waals surface area contributed by atoms with Crippen molar-refractivity contribution in [1.82, 2.24) is 9.97 Å². The summed E-state index contributed by atoms with van der Waals surface area (Å²) in [6.45, 7) is 3.20. The lowest BCUT2D eigenvalue weighted by Gasteiger charge is -2.24. The molecule has 2 heterocycles. The molecule has 21 heavy (non-hydrogen) atoms. The highest BCUT2D eigenvalue weighted by Gasteiger charge is 2.19. The molecule has 1 aliphatic rings. The molecule has 1 saturated heterocycles. The fourth-order valence-corrected chi connectivity index (χ4v) is 2.54. The number of H-pyrrole nitrogens is 1. The van der Waals surface area contributed by atoms with Gasteiger partial charge in [0.1, 0.15) is 17.7 Å². The van der Waals surface area contributed by atoms with Crippen LogP contribution < -0.4 is 10.9 Å². The molecule has 1 atom stereocenters. The second-order valence-electron chi connectivity index (χ2n) is 4.79. The number of nitrogens with one attached hydrogen (secondary N) is 3. The van der Waals surface area contributed by atoms with E-state index in [0.29, 0.717) is 24.9 Å². The van der Waals surface area contributed by atoms with Gasteiger partial charge in [0.2, 0.25) is 0 Å². The van der Waals surface area contributed by atoms with Crippen LogP contribution in [0, 0.1) is 5.41 Å². The van der Waals surface area contributed by atoms with Gasteiger partial charge in [-0.2, -0.15) is 0 Å². The standard InChI is InChI=1S/C13H20N4O3S/c1-8(20-21-2)11-16-12(10(7-14)13(18)17-11)15-9-3-5-19-6-4-9/h7-9,14H,3-6H2,1-2H3,(H2,15,16,17,18). The average Bonchev–Trinajstić information content (AvgIpc) is 2.48. The van der Waals surface area contributed by atoms with Gasteiger partial charge in [-0.3, -0.25) is 4.79 Å². The van der Waals surface area contributed by atoms with Gasteiger partial charge in [-0.05, 0) is 31.8 Å². The topological polar surface area (TPSA) is 100 Å². The quantitative estimate of drug-likeness (QED) is 0.546. The lowest BCUT2D eigenvalue weighted by molar-refractivity contribution is 0.0903. The number of hydrogen-bond donors (Lipinski definition) is 3. The predicted octanol–water partition coefficient (Wildman–Crippen LogP) is 1.71. The molecular formula is C13H20N4O3S. The minimum atomic E-state index is -0.332. The molecule has 1 unspecified atom stereocenters. The molecule has 2 rings (SSSR count). The Kier molecular flexibility index (Phi) is 5.77. The van der Waals surface area contributed by atoms with Gasteiger partial charge in [0.25, 0.3) is 5.56 Å². The van der Waals surface area contributed by atoms with Crippen molar-refractivity contribution < 1.29 is 8.92 Å². The molecule has 0 amide bonds. The molecule has 3 N–H and O–H groups in total. The lowest BCUT2D eigenvalue weighted by atomic mass is 10.1. The summed E-state index contributed by atoms with van der Waals surface area (Å²) < 4.78 is 10.7. The number of hydrogen-bond acceptors (Lipinski definition) is 7. The highest BCUT2D eigenvalue weighted by atomic mass is 32.2. The van der Waals surface area contributed by atoms with Gasteiger partial charge in [0.15, 0.2) is 0 Å². The Labute approximate surface area is 127 Å². The molecule has 0 aliphatic carbocycles. The summed E-state index contributed by atoms with van der Waals surface area (Å²) in [6.07, 6.45) is 4.22. The highest BCUT2D eigenvalue weighted by molar-refractivity contribution is 7.93. The average molecular weight is 312 g/mol. The Morgan fingerprint density at radius 2 is 2.29 bits per heavy atom. The molecule has 0 saturated carbocycles. The molecule has 1 fully saturated rings. The highest BCUT2D eigenvalue weighted by Crippen LogP contribution is 2.20. The maximum Gasteiger partial charge on any atom is 0.261 e. The van der Waals surface area contributed by atoms with Crippen molar-refractivity contribution in [2.24, 2.45) is 0 Å². The first-order valence-electron chi connectivity index (χ1n) is 6.84. The molecule has 7 nitrogen and oxygen atoms in total. The summed E-state index contributed by atoms with van der Waals surface area (Å²) >= 11 is 1.22. The maximum absolute atomic E-state index is 12.1. The summed E-state index contributed by atoms with van der Waals surface area (Å²) in [7, 11) is 0. The van der Waals surface area contributed by atoms with E-state index in [1.54, 1.807) is 0 Å². The summed E-state index contributed by atoms with van der Waals surface area (Å²) in [5, 5.41) is 10.7. The van der Waals surface area contributed by atoms with Crippen molar-refractivity contribution in [1.29, 1.82) is 5.41 Å². The van der Waals surface area contributed by atoms with Crippen LogP contribution >= 0.6 is 12.0 Å². The molecular weight excluding hydrogens is 292 g/mol. The molecule has 116 valence electrons. The normalized spacial score (nSPS) is 17.4. The van der Waals surface area contributed by atoms with E-state index in [2.05, 4.69) is 15.3 Å². The zero-order chi connectivity index (χ0) is 15.2. The van der Waals surface area contributed by atoms with Crippen LogP contribution in [-0.2, 0) is 8.92 Å². The first kappa shape index (κ1) is 16.0. The Bertz CT molecular complexity index is 543. The van der Waals surface area contributed by atoms with E-state index in [1.807, 2.05) is 13.2 Å². The summed E-state index contributed by atoms with van der Waals surface area (Å²) in [4.78, 5) is 19.2. The van der Waals surface area contributed by atoms with Crippen LogP contribution in [0.2, 0.25) is 0 Å². The van der Waals surface area contributed by atoms with E-state index in [1.165, 1.54) is 12.0 Å². The monoisotopic (exact) mass is 312 g/mol. The number of ether oxygens (including phenoxy) is 1. The van der Waals surface area contributed by atoms with E-state index in [4.69, 9.17) is 14.3 Å². The number of nitrogens with zero attached hydrogens (tertiary/aromatic N) is 1. The van der Waals surface area contributed by atoms with Crippen LogP contribution in [0.4, 0.5) is 5.82 Å². The summed E-state index contributed by atoms with van der Waals surface area (Å²) in [5.74, 6) is 0.890. The van der Waals surface area contributed by atoms with Gasteiger partial charge in [-0.15, -0.1) is 0 Å². The van der Waals surface area contributed by atoms with E-state index in [0.717, 1.165) is 19.1 Å². The van der Waals surface area contributed by atoms with Crippen LogP contribution in [0.15, 0.2) is 4.79 Å². The van der Waals surface area contributed by atoms with Crippen molar-refractivity contribution in [3.63, 3.8) is 0 Å². The van der Waals surface area contributed by atoms with Crippen LogP contribution in [0.5, 0.6) is 0 Å². The molecule has 1 aliphatic heterocycles. The summed E-state index contributed by atoms with van der Waals surface area (Å²) in [6, 6.07) is 0.205. The Hall–Kier alpha value is -1.38. The maximum atomic E-state index is 12.1.